The van der Waals surface area contributed by atoms with Gasteiger partial charge in [-0.25, -0.2) is 0 Å². The zero-order chi connectivity index (χ0) is 22.9. The first-order valence-corrected chi connectivity index (χ1v) is 11.9. The van der Waals surface area contributed by atoms with Crippen LogP contribution in [0.1, 0.15) is 53.0 Å². The van der Waals surface area contributed by atoms with Gasteiger partial charge in [-0.1, -0.05) is 48.5 Å². The number of aryl methyl sites for hydroxylation is 1. The Bertz CT molecular complexity index is 1100. The normalized spacial score (nSPS) is 25.8. The first-order chi connectivity index (χ1) is 16.0. The van der Waals surface area contributed by atoms with Crippen LogP contribution in [0.3, 0.4) is 0 Å². The summed E-state index contributed by atoms with van der Waals surface area (Å²) in [4.78, 5) is 18.5. The van der Waals surface area contributed by atoms with Crippen LogP contribution in [0.2, 0.25) is 0 Å². The molecule has 2 aromatic carbocycles. The van der Waals surface area contributed by atoms with Gasteiger partial charge in [0.25, 0.3) is 5.91 Å². The monoisotopic (exact) mass is 443 g/mol. The number of hydrogen-bond acceptors (Lipinski definition) is 3. The molecule has 5 heteroatoms. The van der Waals surface area contributed by atoms with Gasteiger partial charge >= 0.3 is 0 Å². The average Bonchev–Trinajstić information content (AvgIpc) is 3.22. The highest BCUT2D eigenvalue weighted by Gasteiger charge is 2.42. The molecule has 0 aliphatic carbocycles. The molecule has 2 aliphatic heterocycles. The summed E-state index contributed by atoms with van der Waals surface area (Å²) in [5, 5.41) is 0. The smallest absolute Gasteiger partial charge is 0.255 e. The standard InChI is InChI=1S/C28H33N3O2/c1-20-16-30(17-21(2)33-20)19-25-23-12-7-8-13-24(23)28(32)31(18-22-10-5-4-6-11-22)27(25)26-14-9-15-29(26)3/h4-15,20-21,25,27H,16-19H2,1-3H3/t20?,21?,25-,27-/m1/s1. The number of rotatable bonds is 5. The molecule has 1 aromatic heterocycles. The van der Waals surface area contributed by atoms with Crippen LogP contribution in [-0.2, 0) is 18.3 Å². The molecular formula is C28H33N3O2. The predicted molar refractivity (Wildman–Crippen MR) is 130 cm³/mol. The van der Waals surface area contributed by atoms with E-state index in [0.29, 0.717) is 6.54 Å². The topological polar surface area (TPSA) is 37.7 Å². The van der Waals surface area contributed by atoms with Crippen molar-refractivity contribution in [3.8, 4) is 0 Å². The Hall–Kier alpha value is -2.89. The first-order valence-electron chi connectivity index (χ1n) is 11.9. The molecule has 0 bridgehead atoms. The largest absolute Gasteiger partial charge is 0.373 e. The van der Waals surface area contributed by atoms with E-state index in [9.17, 15) is 4.79 Å². The second-order valence-electron chi connectivity index (χ2n) is 9.58. The van der Waals surface area contributed by atoms with Gasteiger partial charge in [0.2, 0.25) is 0 Å². The van der Waals surface area contributed by atoms with Crippen LogP contribution < -0.4 is 0 Å². The van der Waals surface area contributed by atoms with Gasteiger partial charge < -0.3 is 14.2 Å². The van der Waals surface area contributed by atoms with E-state index in [1.54, 1.807) is 0 Å². The van der Waals surface area contributed by atoms with E-state index < -0.39 is 0 Å². The van der Waals surface area contributed by atoms with Gasteiger partial charge in [0, 0.05) is 56.6 Å². The zero-order valence-corrected chi connectivity index (χ0v) is 19.7. The van der Waals surface area contributed by atoms with Crippen LogP contribution in [0.4, 0.5) is 0 Å². The van der Waals surface area contributed by atoms with Crippen LogP contribution in [0.5, 0.6) is 0 Å². The lowest BCUT2D eigenvalue weighted by molar-refractivity contribution is -0.0714. The van der Waals surface area contributed by atoms with Crippen LogP contribution in [-0.4, -0.2) is 52.1 Å². The van der Waals surface area contributed by atoms with Crippen LogP contribution in [0.25, 0.3) is 0 Å². The van der Waals surface area contributed by atoms with Crippen molar-refractivity contribution in [1.29, 1.82) is 0 Å². The Morgan fingerprint density at radius 2 is 1.61 bits per heavy atom. The maximum atomic E-state index is 13.9. The third kappa shape index (κ3) is 4.35. The minimum Gasteiger partial charge on any atom is -0.373 e. The molecule has 0 radical (unpaired) electrons. The Kier molecular flexibility index (Phi) is 6.09. The fourth-order valence-corrected chi connectivity index (χ4v) is 5.69. The van der Waals surface area contributed by atoms with Crippen LogP contribution in [0.15, 0.2) is 72.9 Å². The Balaban J connectivity index is 1.59. The van der Waals surface area contributed by atoms with E-state index in [0.717, 1.165) is 36.3 Å². The third-order valence-corrected chi connectivity index (χ3v) is 7.00. The SMILES string of the molecule is CC1CN(C[C@@H]2c3ccccc3C(=O)N(Cc3ccccc3)[C@H]2c2cccn2C)CC(C)O1. The molecule has 3 aromatic rings. The molecule has 1 amide bonds. The number of ether oxygens (including phenoxy) is 1. The summed E-state index contributed by atoms with van der Waals surface area (Å²) in [6.45, 7) is 7.61. The van der Waals surface area contributed by atoms with E-state index in [4.69, 9.17) is 4.74 Å². The van der Waals surface area contributed by atoms with Gasteiger partial charge in [-0.15, -0.1) is 0 Å². The first kappa shape index (κ1) is 21.9. The third-order valence-electron chi connectivity index (χ3n) is 7.00. The van der Waals surface area contributed by atoms with Crippen molar-refractivity contribution in [2.24, 2.45) is 7.05 Å². The summed E-state index contributed by atoms with van der Waals surface area (Å²) in [7, 11) is 2.08. The van der Waals surface area contributed by atoms with Gasteiger partial charge in [-0.05, 0) is 43.2 Å². The molecule has 2 unspecified atom stereocenters. The van der Waals surface area contributed by atoms with E-state index in [1.807, 2.05) is 30.3 Å². The van der Waals surface area contributed by atoms with Crippen molar-refractivity contribution in [2.75, 3.05) is 19.6 Å². The van der Waals surface area contributed by atoms with Crippen LogP contribution in [0, 0.1) is 0 Å². The molecule has 33 heavy (non-hydrogen) atoms. The summed E-state index contributed by atoms with van der Waals surface area (Å²) < 4.78 is 8.17. The summed E-state index contributed by atoms with van der Waals surface area (Å²) in [6, 6.07) is 22.7. The number of carbonyl (C=O) groups excluding carboxylic acids is 1. The number of benzene rings is 2. The Morgan fingerprint density at radius 1 is 0.909 bits per heavy atom. The average molecular weight is 444 g/mol. The van der Waals surface area contributed by atoms with Gasteiger partial charge in [0.05, 0.1) is 18.2 Å². The zero-order valence-electron chi connectivity index (χ0n) is 19.7. The highest BCUT2D eigenvalue weighted by molar-refractivity contribution is 5.97. The lowest BCUT2D eigenvalue weighted by Gasteiger charge is -2.45. The van der Waals surface area contributed by atoms with E-state index in [1.165, 1.54) is 5.69 Å². The van der Waals surface area contributed by atoms with E-state index in [2.05, 4.69) is 77.9 Å². The molecule has 4 atom stereocenters. The maximum absolute atomic E-state index is 13.9. The molecular weight excluding hydrogens is 410 g/mol. The molecule has 172 valence electrons. The van der Waals surface area contributed by atoms with Crippen LogP contribution >= 0.6 is 0 Å². The fraction of sp³-hybridized carbons (Fsp3) is 0.393. The van der Waals surface area contributed by atoms with Gasteiger partial charge in [-0.3, -0.25) is 9.69 Å². The van der Waals surface area contributed by atoms with Gasteiger partial charge in [-0.2, -0.15) is 0 Å². The number of nitrogens with zero attached hydrogens (tertiary/aromatic N) is 3. The number of hydrogen-bond donors (Lipinski definition) is 0. The Morgan fingerprint density at radius 3 is 2.30 bits per heavy atom. The molecule has 2 aliphatic rings. The molecule has 0 saturated carbocycles. The summed E-state index contributed by atoms with van der Waals surface area (Å²) in [5.41, 5.74) is 4.31. The van der Waals surface area contributed by atoms with Crippen molar-refractivity contribution in [3.63, 3.8) is 0 Å². The molecule has 3 heterocycles. The van der Waals surface area contributed by atoms with E-state index >= 15 is 0 Å². The number of amides is 1. The second-order valence-corrected chi connectivity index (χ2v) is 9.58. The number of fused-ring (bicyclic) bond motifs is 1. The minimum atomic E-state index is -0.0407. The minimum absolute atomic E-state index is 0.0407. The molecule has 0 N–H and O–H groups in total. The van der Waals surface area contributed by atoms with Crippen molar-refractivity contribution >= 4 is 5.91 Å². The molecule has 0 spiro atoms. The van der Waals surface area contributed by atoms with Crippen molar-refractivity contribution < 1.29 is 9.53 Å². The highest BCUT2D eigenvalue weighted by Crippen LogP contribution is 2.44. The number of aromatic nitrogens is 1. The van der Waals surface area contributed by atoms with E-state index in [-0.39, 0.29) is 30.1 Å². The molecule has 1 fully saturated rings. The van der Waals surface area contributed by atoms with Crippen molar-refractivity contribution in [2.45, 2.75) is 44.6 Å². The summed E-state index contributed by atoms with van der Waals surface area (Å²) in [5.74, 6) is 0.286. The molecule has 1 saturated heterocycles. The quantitative estimate of drug-likeness (QED) is 0.578. The van der Waals surface area contributed by atoms with Gasteiger partial charge in [0.1, 0.15) is 0 Å². The number of morpholine rings is 1. The summed E-state index contributed by atoms with van der Waals surface area (Å²) >= 11 is 0. The molecule has 5 rings (SSSR count). The highest BCUT2D eigenvalue weighted by atomic mass is 16.5. The van der Waals surface area contributed by atoms with Crippen molar-refractivity contribution in [1.82, 2.24) is 14.4 Å². The Labute approximate surface area is 196 Å². The lowest BCUT2D eigenvalue weighted by Crippen LogP contribution is -2.50. The maximum Gasteiger partial charge on any atom is 0.255 e. The fourth-order valence-electron chi connectivity index (χ4n) is 5.69. The molecule has 5 nitrogen and oxygen atoms in total. The predicted octanol–water partition coefficient (Wildman–Crippen LogP) is 4.62. The van der Waals surface area contributed by atoms with Gasteiger partial charge in [0.15, 0.2) is 0 Å². The second kappa shape index (κ2) is 9.16. The number of carbonyl (C=O) groups is 1. The van der Waals surface area contributed by atoms with Crippen molar-refractivity contribution in [3.05, 3.63) is 95.3 Å². The lowest BCUT2D eigenvalue weighted by atomic mass is 9.80. The summed E-state index contributed by atoms with van der Waals surface area (Å²) in [6.07, 6.45) is 2.50.